The first-order valence-corrected chi connectivity index (χ1v) is 9.08. The molecular formula is C18H36N2. The predicted octanol–water partition coefficient (Wildman–Crippen LogP) is 3.91. The maximum Gasteiger partial charge on any atom is 0.0105 e. The van der Waals surface area contributed by atoms with E-state index in [0.29, 0.717) is 0 Å². The first-order chi connectivity index (χ1) is 9.72. The van der Waals surface area contributed by atoms with Gasteiger partial charge in [-0.2, -0.15) is 0 Å². The molecule has 0 saturated heterocycles. The molecule has 0 bridgehead atoms. The van der Waals surface area contributed by atoms with Gasteiger partial charge in [-0.3, -0.25) is 0 Å². The van der Waals surface area contributed by atoms with Crippen LogP contribution in [0.2, 0.25) is 0 Å². The zero-order valence-electron chi connectivity index (χ0n) is 14.0. The molecule has 0 radical (unpaired) electrons. The summed E-state index contributed by atoms with van der Waals surface area (Å²) in [5.41, 5.74) is 0. The van der Waals surface area contributed by atoms with E-state index in [9.17, 15) is 0 Å². The summed E-state index contributed by atoms with van der Waals surface area (Å²) in [6.07, 6.45) is 13.0. The monoisotopic (exact) mass is 280 g/mol. The third-order valence-electron chi connectivity index (χ3n) is 5.88. The van der Waals surface area contributed by atoms with Crippen molar-refractivity contribution in [1.82, 2.24) is 10.2 Å². The summed E-state index contributed by atoms with van der Waals surface area (Å²) in [7, 11) is 4.52. The van der Waals surface area contributed by atoms with Crippen LogP contribution in [0.25, 0.3) is 0 Å². The lowest BCUT2D eigenvalue weighted by atomic mass is 9.76. The van der Waals surface area contributed by atoms with Gasteiger partial charge in [-0.05, 0) is 64.0 Å². The van der Waals surface area contributed by atoms with Gasteiger partial charge in [-0.25, -0.2) is 0 Å². The van der Waals surface area contributed by atoms with E-state index in [1.54, 1.807) is 0 Å². The molecule has 2 fully saturated rings. The summed E-state index contributed by atoms with van der Waals surface area (Å²) in [6.45, 7) is 5.01. The lowest BCUT2D eigenvalue weighted by molar-refractivity contribution is 0.139. The van der Waals surface area contributed by atoms with Crippen LogP contribution in [0.3, 0.4) is 0 Å². The molecule has 2 aliphatic carbocycles. The molecule has 0 amide bonds. The maximum absolute atomic E-state index is 3.58. The molecule has 2 saturated carbocycles. The molecule has 2 nitrogen and oxygen atoms in total. The highest BCUT2D eigenvalue weighted by molar-refractivity contribution is 4.85. The quantitative estimate of drug-likeness (QED) is 0.793. The Kier molecular flexibility index (Phi) is 6.83. The van der Waals surface area contributed by atoms with Crippen LogP contribution >= 0.6 is 0 Å². The zero-order chi connectivity index (χ0) is 14.4. The van der Waals surface area contributed by atoms with Gasteiger partial charge in [0.25, 0.3) is 0 Å². The molecule has 0 heterocycles. The van der Waals surface area contributed by atoms with E-state index in [2.05, 4.69) is 31.2 Å². The van der Waals surface area contributed by atoms with Crippen LogP contribution in [0, 0.1) is 17.8 Å². The van der Waals surface area contributed by atoms with E-state index in [1.165, 1.54) is 70.9 Å². The van der Waals surface area contributed by atoms with Crippen molar-refractivity contribution >= 4 is 0 Å². The minimum atomic E-state index is 0.756. The lowest BCUT2D eigenvalue weighted by Gasteiger charge is -2.38. The van der Waals surface area contributed by atoms with Crippen molar-refractivity contribution in [2.24, 2.45) is 17.8 Å². The summed E-state index contributed by atoms with van der Waals surface area (Å²) in [6, 6.07) is 0.756. The molecule has 0 aromatic rings. The molecule has 2 rings (SSSR count). The fourth-order valence-electron chi connectivity index (χ4n) is 4.60. The second-order valence-corrected chi connectivity index (χ2v) is 7.47. The lowest BCUT2D eigenvalue weighted by Crippen LogP contribution is -2.44. The highest BCUT2D eigenvalue weighted by Gasteiger charge is 2.29. The Hall–Kier alpha value is -0.0800. The molecule has 0 aliphatic heterocycles. The number of rotatable bonds is 6. The van der Waals surface area contributed by atoms with E-state index in [1.807, 2.05) is 0 Å². The van der Waals surface area contributed by atoms with Crippen LogP contribution in [-0.2, 0) is 0 Å². The third-order valence-corrected chi connectivity index (χ3v) is 5.88. The van der Waals surface area contributed by atoms with Gasteiger partial charge in [0, 0.05) is 19.1 Å². The summed E-state index contributed by atoms with van der Waals surface area (Å²) in [5, 5.41) is 3.58. The Morgan fingerprint density at radius 3 is 2.35 bits per heavy atom. The smallest absolute Gasteiger partial charge is 0.0105 e. The molecule has 0 aromatic heterocycles. The van der Waals surface area contributed by atoms with Gasteiger partial charge in [0.15, 0.2) is 0 Å². The van der Waals surface area contributed by atoms with Crippen molar-refractivity contribution in [2.75, 3.05) is 27.2 Å². The highest BCUT2D eigenvalue weighted by atomic mass is 15.1. The maximum atomic E-state index is 3.58. The zero-order valence-corrected chi connectivity index (χ0v) is 14.0. The van der Waals surface area contributed by atoms with Crippen molar-refractivity contribution in [3.8, 4) is 0 Å². The highest BCUT2D eigenvalue weighted by Crippen LogP contribution is 2.32. The Bertz CT molecular complexity index is 260. The Balaban J connectivity index is 1.79. The van der Waals surface area contributed by atoms with E-state index in [-0.39, 0.29) is 0 Å². The van der Waals surface area contributed by atoms with Gasteiger partial charge < -0.3 is 10.2 Å². The summed E-state index contributed by atoms with van der Waals surface area (Å²) in [4.78, 5) is 2.64. The Morgan fingerprint density at radius 1 is 0.950 bits per heavy atom. The van der Waals surface area contributed by atoms with Gasteiger partial charge in [0.1, 0.15) is 0 Å². The molecule has 3 unspecified atom stereocenters. The van der Waals surface area contributed by atoms with Crippen molar-refractivity contribution in [1.29, 1.82) is 0 Å². The topological polar surface area (TPSA) is 15.3 Å². The van der Waals surface area contributed by atoms with E-state index >= 15 is 0 Å². The largest absolute Gasteiger partial charge is 0.317 e. The fourth-order valence-corrected chi connectivity index (χ4v) is 4.60. The molecule has 2 aliphatic rings. The summed E-state index contributed by atoms with van der Waals surface area (Å²) in [5.74, 6) is 2.83. The molecule has 3 atom stereocenters. The average molecular weight is 280 g/mol. The second-order valence-electron chi connectivity index (χ2n) is 7.47. The third kappa shape index (κ3) is 4.73. The van der Waals surface area contributed by atoms with Gasteiger partial charge in [-0.1, -0.05) is 32.6 Å². The minimum Gasteiger partial charge on any atom is -0.317 e. The molecule has 0 aromatic carbocycles. The molecule has 1 N–H and O–H groups in total. The van der Waals surface area contributed by atoms with Crippen LogP contribution in [0.15, 0.2) is 0 Å². The van der Waals surface area contributed by atoms with Gasteiger partial charge >= 0.3 is 0 Å². The first kappa shape index (κ1) is 16.3. The molecule has 0 spiro atoms. The molecule has 118 valence electrons. The molecule has 20 heavy (non-hydrogen) atoms. The van der Waals surface area contributed by atoms with Crippen LogP contribution < -0.4 is 5.32 Å². The van der Waals surface area contributed by atoms with Crippen LogP contribution in [0.1, 0.15) is 64.7 Å². The van der Waals surface area contributed by atoms with Crippen LogP contribution in [-0.4, -0.2) is 38.1 Å². The van der Waals surface area contributed by atoms with E-state index in [0.717, 1.165) is 23.8 Å². The van der Waals surface area contributed by atoms with Crippen molar-refractivity contribution in [2.45, 2.75) is 70.8 Å². The van der Waals surface area contributed by atoms with E-state index < -0.39 is 0 Å². The average Bonchev–Trinajstić information content (AvgIpc) is 2.48. The normalized spacial score (nSPS) is 32.7. The Labute approximate surface area is 126 Å². The number of nitrogens with zero attached hydrogens (tertiary/aromatic N) is 1. The number of hydrogen-bond acceptors (Lipinski definition) is 2. The fraction of sp³-hybridized carbons (Fsp3) is 1.00. The van der Waals surface area contributed by atoms with Gasteiger partial charge in [0.2, 0.25) is 0 Å². The van der Waals surface area contributed by atoms with E-state index in [4.69, 9.17) is 0 Å². The van der Waals surface area contributed by atoms with Crippen LogP contribution in [0.5, 0.6) is 0 Å². The summed E-state index contributed by atoms with van der Waals surface area (Å²) >= 11 is 0. The van der Waals surface area contributed by atoms with Crippen molar-refractivity contribution in [3.63, 3.8) is 0 Å². The minimum absolute atomic E-state index is 0.756. The number of hydrogen-bond donors (Lipinski definition) is 1. The molecular weight excluding hydrogens is 244 g/mol. The van der Waals surface area contributed by atoms with Crippen molar-refractivity contribution < 1.29 is 0 Å². The van der Waals surface area contributed by atoms with Gasteiger partial charge in [0.05, 0.1) is 0 Å². The standard InChI is InChI=1S/C18H36N2/c1-4-15-10-11-18(19-2)17(12-15)14-20(3)13-16-8-6-5-7-9-16/h15-19H,4-14H2,1-3H3. The molecule has 2 heteroatoms. The SMILES string of the molecule is CCC1CCC(NC)C(CN(C)CC2CCCCC2)C1. The van der Waals surface area contributed by atoms with Gasteiger partial charge in [-0.15, -0.1) is 0 Å². The Morgan fingerprint density at radius 2 is 1.70 bits per heavy atom. The number of nitrogens with one attached hydrogen (secondary N) is 1. The second kappa shape index (κ2) is 8.38. The predicted molar refractivity (Wildman–Crippen MR) is 88.0 cm³/mol. The summed E-state index contributed by atoms with van der Waals surface area (Å²) < 4.78 is 0. The van der Waals surface area contributed by atoms with Crippen LogP contribution in [0.4, 0.5) is 0 Å². The first-order valence-electron chi connectivity index (χ1n) is 9.08. The van der Waals surface area contributed by atoms with Crippen molar-refractivity contribution in [3.05, 3.63) is 0 Å².